The average molecular weight is 263 g/mol. The fourth-order valence-corrected chi connectivity index (χ4v) is 1.96. The third kappa shape index (κ3) is 3.17. The van der Waals surface area contributed by atoms with Gasteiger partial charge < -0.3 is 4.90 Å². The van der Waals surface area contributed by atoms with Gasteiger partial charge in [0.1, 0.15) is 16.8 Å². The van der Waals surface area contributed by atoms with Crippen molar-refractivity contribution in [2.45, 2.75) is 20.4 Å². The van der Waals surface area contributed by atoms with E-state index >= 15 is 0 Å². The van der Waals surface area contributed by atoms with Crippen LogP contribution in [0.5, 0.6) is 0 Å². The van der Waals surface area contributed by atoms with Crippen LogP contribution in [-0.4, -0.2) is 21.5 Å². The number of rotatable bonds is 4. The highest BCUT2D eigenvalue weighted by molar-refractivity contribution is 6.29. The van der Waals surface area contributed by atoms with E-state index < -0.39 is 0 Å². The van der Waals surface area contributed by atoms with E-state index in [2.05, 4.69) is 26.8 Å². The third-order valence-corrected chi connectivity index (χ3v) is 2.82. The highest BCUT2D eigenvalue weighted by atomic mass is 35.5. The minimum atomic E-state index is 0.477. The van der Waals surface area contributed by atoms with Crippen LogP contribution >= 0.6 is 11.6 Å². The highest BCUT2D eigenvalue weighted by Gasteiger charge is 2.08. The van der Waals surface area contributed by atoms with Gasteiger partial charge in [0.2, 0.25) is 0 Å². The molecule has 2 heterocycles. The summed E-state index contributed by atoms with van der Waals surface area (Å²) in [6.07, 6.45) is 3.59. The molecule has 0 amide bonds. The monoisotopic (exact) mass is 262 g/mol. The molecule has 0 aromatic carbocycles. The molecule has 0 fully saturated rings. The number of hydrogen-bond acceptors (Lipinski definition) is 4. The van der Waals surface area contributed by atoms with Gasteiger partial charge in [-0.2, -0.15) is 0 Å². The van der Waals surface area contributed by atoms with Crippen molar-refractivity contribution < 1.29 is 0 Å². The number of nitrogens with zero attached hydrogens (tertiary/aromatic N) is 4. The molecule has 0 aliphatic carbocycles. The van der Waals surface area contributed by atoms with Crippen molar-refractivity contribution in [2.24, 2.45) is 0 Å². The Bertz CT molecular complexity index is 495. The van der Waals surface area contributed by atoms with Crippen LogP contribution in [0.4, 0.5) is 5.82 Å². The summed E-state index contributed by atoms with van der Waals surface area (Å²) in [6, 6.07) is 5.79. The maximum Gasteiger partial charge on any atom is 0.134 e. The number of anilines is 1. The minimum Gasteiger partial charge on any atom is -0.352 e. The van der Waals surface area contributed by atoms with E-state index in [1.165, 1.54) is 5.56 Å². The molecule has 5 heteroatoms. The van der Waals surface area contributed by atoms with E-state index in [0.717, 1.165) is 18.9 Å². The standard InChI is InChI=1S/C13H15ClN4/c1-3-18(9-11-4-6-15-7-5-11)13-8-12(14)16-10(2)17-13/h4-8H,3,9H2,1-2H3. The molecule has 4 nitrogen and oxygen atoms in total. The van der Waals surface area contributed by atoms with Gasteiger partial charge in [-0.1, -0.05) is 11.6 Å². The molecule has 2 rings (SSSR count). The Morgan fingerprint density at radius 2 is 1.94 bits per heavy atom. The van der Waals surface area contributed by atoms with Crippen molar-refractivity contribution in [1.29, 1.82) is 0 Å². The second-order valence-electron chi connectivity index (χ2n) is 3.97. The third-order valence-electron chi connectivity index (χ3n) is 2.62. The average Bonchev–Trinajstić information content (AvgIpc) is 2.36. The normalized spacial score (nSPS) is 10.4. The van der Waals surface area contributed by atoms with Crippen LogP contribution in [-0.2, 0) is 6.54 Å². The lowest BCUT2D eigenvalue weighted by molar-refractivity contribution is 0.803. The predicted molar refractivity (Wildman–Crippen MR) is 72.7 cm³/mol. The summed E-state index contributed by atoms with van der Waals surface area (Å²) < 4.78 is 0. The van der Waals surface area contributed by atoms with E-state index in [-0.39, 0.29) is 0 Å². The fraction of sp³-hybridized carbons (Fsp3) is 0.308. The Balaban J connectivity index is 2.23. The van der Waals surface area contributed by atoms with Gasteiger partial charge in [0.15, 0.2) is 0 Å². The zero-order chi connectivity index (χ0) is 13.0. The highest BCUT2D eigenvalue weighted by Crippen LogP contribution is 2.17. The van der Waals surface area contributed by atoms with Gasteiger partial charge in [0.25, 0.3) is 0 Å². The van der Waals surface area contributed by atoms with Crippen molar-refractivity contribution in [1.82, 2.24) is 15.0 Å². The lowest BCUT2D eigenvalue weighted by atomic mass is 10.2. The molecule has 0 N–H and O–H groups in total. The van der Waals surface area contributed by atoms with Crippen LogP contribution in [0.3, 0.4) is 0 Å². The van der Waals surface area contributed by atoms with E-state index in [4.69, 9.17) is 11.6 Å². The van der Waals surface area contributed by atoms with Crippen LogP contribution in [0, 0.1) is 6.92 Å². The number of halogens is 1. The van der Waals surface area contributed by atoms with Crippen LogP contribution < -0.4 is 4.90 Å². The van der Waals surface area contributed by atoms with Gasteiger partial charge in [0.05, 0.1) is 0 Å². The number of pyridine rings is 1. The lowest BCUT2D eigenvalue weighted by Crippen LogP contribution is -2.23. The van der Waals surface area contributed by atoms with Crippen molar-refractivity contribution in [3.05, 3.63) is 47.1 Å². The summed E-state index contributed by atoms with van der Waals surface area (Å²) in [5, 5.41) is 0.477. The molecule has 94 valence electrons. The number of aryl methyl sites for hydroxylation is 1. The first-order valence-electron chi connectivity index (χ1n) is 5.84. The van der Waals surface area contributed by atoms with Gasteiger partial charge in [-0.3, -0.25) is 4.98 Å². The summed E-state index contributed by atoms with van der Waals surface area (Å²) >= 11 is 5.97. The lowest BCUT2D eigenvalue weighted by Gasteiger charge is -2.22. The predicted octanol–water partition coefficient (Wildman–Crippen LogP) is 2.86. The summed E-state index contributed by atoms with van der Waals surface area (Å²) in [6.45, 7) is 5.57. The molecule has 0 saturated heterocycles. The zero-order valence-corrected chi connectivity index (χ0v) is 11.2. The Kier molecular flexibility index (Phi) is 4.10. The summed E-state index contributed by atoms with van der Waals surface area (Å²) in [5.41, 5.74) is 1.19. The number of aromatic nitrogens is 3. The maximum atomic E-state index is 5.97. The first kappa shape index (κ1) is 12.8. The second kappa shape index (κ2) is 5.78. The Morgan fingerprint density at radius 1 is 1.22 bits per heavy atom. The summed E-state index contributed by atoms with van der Waals surface area (Å²) in [4.78, 5) is 14.7. The van der Waals surface area contributed by atoms with Crippen molar-refractivity contribution in [3.63, 3.8) is 0 Å². The van der Waals surface area contributed by atoms with Gasteiger partial charge >= 0.3 is 0 Å². The van der Waals surface area contributed by atoms with E-state index in [9.17, 15) is 0 Å². The molecule has 0 radical (unpaired) electrons. The minimum absolute atomic E-state index is 0.477. The smallest absolute Gasteiger partial charge is 0.134 e. The molecule has 0 aliphatic rings. The fourth-order valence-electron chi connectivity index (χ4n) is 1.74. The van der Waals surface area contributed by atoms with E-state index in [0.29, 0.717) is 11.0 Å². The van der Waals surface area contributed by atoms with Crippen molar-refractivity contribution in [3.8, 4) is 0 Å². The van der Waals surface area contributed by atoms with Crippen molar-refractivity contribution in [2.75, 3.05) is 11.4 Å². The molecule has 0 unspecified atom stereocenters. The Morgan fingerprint density at radius 3 is 2.56 bits per heavy atom. The summed E-state index contributed by atoms with van der Waals surface area (Å²) in [5.74, 6) is 1.54. The van der Waals surface area contributed by atoms with Gasteiger partial charge in [-0.05, 0) is 31.5 Å². The molecule has 0 saturated carbocycles. The van der Waals surface area contributed by atoms with E-state index in [1.54, 1.807) is 18.5 Å². The molecule has 18 heavy (non-hydrogen) atoms. The molecule has 2 aromatic heterocycles. The van der Waals surface area contributed by atoms with Gasteiger partial charge in [-0.25, -0.2) is 9.97 Å². The molecule has 2 aromatic rings. The zero-order valence-electron chi connectivity index (χ0n) is 10.5. The van der Waals surface area contributed by atoms with Crippen LogP contribution in [0.1, 0.15) is 18.3 Å². The SMILES string of the molecule is CCN(Cc1ccncc1)c1cc(Cl)nc(C)n1. The molecule has 0 bridgehead atoms. The van der Waals surface area contributed by atoms with Crippen molar-refractivity contribution >= 4 is 17.4 Å². The first-order valence-corrected chi connectivity index (χ1v) is 6.22. The van der Waals surface area contributed by atoms with Gasteiger partial charge in [0, 0.05) is 31.5 Å². The largest absolute Gasteiger partial charge is 0.352 e. The molecule has 0 atom stereocenters. The molecular weight excluding hydrogens is 248 g/mol. The second-order valence-corrected chi connectivity index (χ2v) is 4.35. The van der Waals surface area contributed by atoms with E-state index in [1.807, 2.05) is 19.1 Å². The van der Waals surface area contributed by atoms with Crippen LogP contribution in [0.2, 0.25) is 5.15 Å². The quantitative estimate of drug-likeness (QED) is 0.795. The first-order chi connectivity index (χ1) is 8.69. The number of hydrogen-bond donors (Lipinski definition) is 0. The molecule has 0 aliphatic heterocycles. The van der Waals surface area contributed by atoms with Crippen LogP contribution in [0.15, 0.2) is 30.6 Å². The summed E-state index contributed by atoms with van der Waals surface area (Å²) in [7, 11) is 0. The Hall–Kier alpha value is -1.68. The van der Waals surface area contributed by atoms with Gasteiger partial charge in [-0.15, -0.1) is 0 Å². The van der Waals surface area contributed by atoms with Crippen LogP contribution in [0.25, 0.3) is 0 Å². The maximum absolute atomic E-state index is 5.97. The molecular formula is C13H15ClN4. The molecule has 0 spiro atoms. The topological polar surface area (TPSA) is 41.9 Å². The Labute approximate surface area is 112 Å².